The van der Waals surface area contributed by atoms with E-state index in [4.69, 9.17) is 17.3 Å². The maximum Gasteiger partial charge on any atom is 0.311 e. The van der Waals surface area contributed by atoms with E-state index in [9.17, 15) is 10.1 Å². The number of nitrogens with zero attached hydrogens (tertiary/aromatic N) is 1. The van der Waals surface area contributed by atoms with Crippen molar-refractivity contribution in [2.75, 3.05) is 5.73 Å². The van der Waals surface area contributed by atoms with E-state index in [1.165, 1.54) is 11.3 Å². The second kappa shape index (κ2) is 3.11. The van der Waals surface area contributed by atoms with E-state index >= 15 is 0 Å². The predicted octanol–water partition coefficient (Wildman–Crippen LogP) is 3.05. The molecule has 2 aromatic rings. The maximum absolute atomic E-state index is 10.8. The van der Waals surface area contributed by atoms with Crippen LogP contribution in [0.25, 0.3) is 10.1 Å². The molecular weight excluding hydrogens is 224 g/mol. The highest BCUT2D eigenvalue weighted by atomic mass is 35.5. The third-order valence-corrected chi connectivity index (χ3v) is 3.14. The molecular formula is C8H5ClN2O2S. The first-order valence-electron chi connectivity index (χ1n) is 3.71. The van der Waals surface area contributed by atoms with Crippen molar-refractivity contribution >= 4 is 44.4 Å². The summed E-state index contributed by atoms with van der Waals surface area (Å²) in [6.07, 6.45) is 0. The van der Waals surface area contributed by atoms with E-state index in [1.54, 1.807) is 17.5 Å². The fourth-order valence-electron chi connectivity index (χ4n) is 1.26. The molecule has 0 aliphatic rings. The van der Waals surface area contributed by atoms with Crippen molar-refractivity contribution in [3.05, 3.63) is 32.6 Å². The van der Waals surface area contributed by atoms with Gasteiger partial charge in [0.15, 0.2) is 0 Å². The molecule has 0 atom stereocenters. The van der Waals surface area contributed by atoms with Gasteiger partial charge >= 0.3 is 5.69 Å². The van der Waals surface area contributed by atoms with Gasteiger partial charge in [0.2, 0.25) is 0 Å². The Morgan fingerprint density at radius 2 is 2.29 bits per heavy atom. The molecule has 0 aliphatic carbocycles. The van der Waals surface area contributed by atoms with Crippen LogP contribution in [0.15, 0.2) is 17.5 Å². The summed E-state index contributed by atoms with van der Waals surface area (Å²) in [6.45, 7) is 0. The van der Waals surface area contributed by atoms with Gasteiger partial charge in [0.1, 0.15) is 10.4 Å². The molecule has 14 heavy (non-hydrogen) atoms. The molecule has 1 aromatic heterocycles. The molecule has 2 N–H and O–H groups in total. The van der Waals surface area contributed by atoms with Gasteiger partial charge in [-0.3, -0.25) is 10.1 Å². The van der Waals surface area contributed by atoms with E-state index in [2.05, 4.69) is 0 Å². The van der Waals surface area contributed by atoms with Gasteiger partial charge in [0.25, 0.3) is 0 Å². The molecule has 1 aromatic carbocycles. The van der Waals surface area contributed by atoms with Crippen molar-refractivity contribution in [2.24, 2.45) is 0 Å². The lowest BCUT2D eigenvalue weighted by atomic mass is 10.2. The standard InChI is InChI=1S/C8H5ClN2O2S/c9-5-3-4-1-2-14-8(4)7(6(5)10)11(12)13/h1-3H,10H2. The van der Waals surface area contributed by atoms with Crippen LogP contribution >= 0.6 is 22.9 Å². The number of fused-ring (bicyclic) bond motifs is 1. The van der Waals surface area contributed by atoms with Gasteiger partial charge in [-0.1, -0.05) is 11.6 Å². The number of nitrogens with two attached hydrogens (primary N) is 1. The first kappa shape index (κ1) is 9.23. The molecule has 0 saturated carbocycles. The first-order valence-corrected chi connectivity index (χ1v) is 4.96. The van der Waals surface area contributed by atoms with E-state index in [-0.39, 0.29) is 16.4 Å². The summed E-state index contributed by atoms with van der Waals surface area (Å²) in [5.41, 5.74) is 5.48. The zero-order valence-corrected chi connectivity index (χ0v) is 8.43. The quantitative estimate of drug-likeness (QED) is 0.463. The molecule has 2 rings (SSSR count). The van der Waals surface area contributed by atoms with Gasteiger partial charge in [-0.15, -0.1) is 11.3 Å². The Balaban J connectivity index is 2.93. The van der Waals surface area contributed by atoms with Crippen molar-refractivity contribution in [1.82, 2.24) is 0 Å². The number of nitro benzene ring substituents is 1. The van der Waals surface area contributed by atoms with Gasteiger partial charge in [-0.05, 0) is 17.5 Å². The minimum Gasteiger partial charge on any atom is -0.392 e. The molecule has 0 unspecified atom stereocenters. The van der Waals surface area contributed by atoms with Gasteiger partial charge in [0.05, 0.1) is 9.95 Å². The van der Waals surface area contributed by atoms with Crippen LogP contribution in [0.5, 0.6) is 0 Å². The Hall–Kier alpha value is -1.33. The molecule has 0 spiro atoms. The number of thiophene rings is 1. The van der Waals surface area contributed by atoms with Crippen LogP contribution < -0.4 is 5.73 Å². The second-order valence-corrected chi connectivity index (χ2v) is 4.04. The van der Waals surface area contributed by atoms with Gasteiger partial charge in [-0.25, -0.2) is 0 Å². The summed E-state index contributed by atoms with van der Waals surface area (Å²) in [5, 5.41) is 13.5. The first-order chi connectivity index (χ1) is 6.61. The van der Waals surface area contributed by atoms with Gasteiger partial charge in [0, 0.05) is 5.39 Å². The lowest BCUT2D eigenvalue weighted by Gasteiger charge is -2.00. The average Bonchev–Trinajstić information content (AvgIpc) is 2.52. The normalized spacial score (nSPS) is 10.6. The number of rotatable bonds is 1. The lowest BCUT2D eigenvalue weighted by Crippen LogP contribution is -1.96. The van der Waals surface area contributed by atoms with Crippen LogP contribution in [0.3, 0.4) is 0 Å². The summed E-state index contributed by atoms with van der Waals surface area (Å²) in [5.74, 6) is 0. The fourth-order valence-corrected chi connectivity index (χ4v) is 2.37. The molecule has 0 amide bonds. The zero-order valence-electron chi connectivity index (χ0n) is 6.86. The summed E-state index contributed by atoms with van der Waals surface area (Å²) in [4.78, 5) is 10.3. The molecule has 0 fully saturated rings. The van der Waals surface area contributed by atoms with Crippen molar-refractivity contribution in [3.8, 4) is 0 Å². The second-order valence-electron chi connectivity index (χ2n) is 2.72. The van der Waals surface area contributed by atoms with Crippen LogP contribution in [-0.4, -0.2) is 4.92 Å². The van der Waals surface area contributed by atoms with Crippen LogP contribution in [0, 0.1) is 10.1 Å². The third-order valence-electron chi connectivity index (χ3n) is 1.89. The fraction of sp³-hybridized carbons (Fsp3) is 0. The lowest BCUT2D eigenvalue weighted by molar-refractivity contribution is -0.381. The smallest absolute Gasteiger partial charge is 0.311 e. The van der Waals surface area contributed by atoms with Crippen LogP contribution in [0.1, 0.15) is 0 Å². The molecule has 72 valence electrons. The largest absolute Gasteiger partial charge is 0.392 e. The highest BCUT2D eigenvalue weighted by Gasteiger charge is 2.20. The molecule has 0 saturated heterocycles. The Labute approximate surface area is 88.0 Å². The van der Waals surface area contributed by atoms with E-state index in [0.717, 1.165) is 5.39 Å². The number of hydrogen-bond donors (Lipinski definition) is 1. The Bertz CT molecular complexity index is 523. The van der Waals surface area contributed by atoms with E-state index in [0.29, 0.717) is 4.70 Å². The Morgan fingerprint density at radius 1 is 1.57 bits per heavy atom. The Morgan fingerprint density at radius 3 is 2.93 bits per heavy atom. The maximum atomic E-state index is 10.8. The van der Waals surface area contributed by atoms with Gasteiger partial charge in [-0.2, -0.15) is 0 Å². The van der Waals surface area contributed by atoms with Crippen LogP contribution in [0.2, 0.25) is 5.02 Å². The van der Waals surface area contributed by atoms with Crippen molar-refractivity contribution in [2.45, 2.75) is 0 Å². The molecule has 6 heteroatoms. The minimum atomic E-state index is -0.500. The highest BCUT2D eigenvalue weighted by molar-refractivity contribution is 7.17. The third kappa shape index (κ3) is 1.21. The van der Waals surface area contributed by atoms with E-state index in [1.807, 2.05) is 0 Å². The molecule has 4 nitrogen and oxygen atoms in total. The zero-order chi connectivity index (χ0) is 10.3. The number of anilines is 1. The van der Waals surface area contributed by atoms with E-state index < -0.39 is 4.92 Å². The Kier molecular flexibility index (Phi) is 2.05. The number of benzene rings is 1. The number of hydrogen-bond acceptors (Lipinski definition) is 4. The summed E-state index contributed by atoms with van der Waals surface area (Å²) in [7, 11) is 0. The van der Waals surface area contributed by atoms with Crippen molar-refractivity contribution < 1.29 is 4.92 Å². The minimum absolute atomic E-state index is 0.0339. The molecule has 0 bridgehead atoms. The molecule has 1 heterocycles. The van der Waals surface area contributed by atoms with Crippen molar-refractivity contribution in [1.29, 1.82) is 0 Å². The molecule has 0 radical (unpaired) electrons. The number of nitrogen functional groups attached to an aromatic ring is 1. The highest BCUT2D eigenvalue weighted by Crippen LogP contribution is 2.39. The number of halogens is 1. The molecule has 0 aliphatic heterocycles. The number of nitro groups is 1. The van der Waals surface area contributed by atoms with Crippen LogP contribution in [0.4, 0.5) is 11.4 Å². The predicted molar refractivity (Wildman–Crippen MR) is 57.9 cm³/mol. The van der Waals surface area contributed by atoms with Gasteiger partial charge < -0.3 is 5.73 Å². The monoisotopic (exact) mass is 228 g/mol. The topological polar surface area (TPSA) is 69.2 Å². The summed E-state index contributed by atoms with van der Waals surface area (Å²) in [6, 6.07) is 3.41. The summed E-state index contributed by atoms with van der Waals surface area (Å²) < 4.78 is 0.567. The summed E-state index contributed by atoms with van der Waals surface area (Å²) >= 11 is 7.05. The van der Waals surface area contributed by atoms with Crippen molar-refractivity contribution in [3.63, 3.8) is 0 Å². The van der Waals surface area contributed by atoms with Crippen LogP contribution in [-0.2, 0) is 0 Å². The average molecular weight is 229 g/mol. The SMILES string of the molecule is Nc1c(Cl)cc2ccsc2c1[N+](=O)[O-].